The summed E-state index contributed by atoms with van der Waals surface area (Å²) in [6.07, 6.45) is -0.414. The molecule has 2 aromatic rings. The van der Waals surface area contributed by atoms with Gasteiger partial charge in [-0.2, -0.15) is 18.2 Å². The monoisotopic (exact) mass is 266 g/mol. The summed E-state index contributed by atoms with van der Waals surface area (Å²) in [5.41, 5.74) is -0.359. The molecule has 0 saturated carbocycles. The lowest BCUT2D eigenvalue weighted by Gasteiger charge is -2.09. The lowest BCUT2D eigenvalue weighted by molar-refractivity contribution is -0.137. The highest BCUT2D eigenvalue weighted by molar-refractivity contribution is 5.70. The van der Waals surface area contributed by atoms with E-state index in [1.807, 2.05) is 0 Å². The van der Waals surface area contributed by atoms with Crippen LogP contribution in [0.15, 0.2) is 36.5 Å². The summed E-state index contributed by atoms with van der Waals surface area (Å²) in [4.78, 5) is 7.14. The van der Waals surface area contributed by atoms with Crippen LogP contribution in [0.5, 0.6) is 6.01 Å². The molecule has 0 radical (unpaired) electrons. The molecule has 0 fully saturated rings. The minimum Gasteiger partial charge on any atom is -0.479 e. The number of nitrogens with zero attached hydrogens (tertiary/aromatic N) is 2. The summed E-state index contributed by atoms with van der Waals surface area (Å²) in [7, 11) is 0. The molecule has 0 atom stereocenters. The zero-order chi connectivity index (χ0) is 13.9. The van der Waals surface area contributed by atoms with Crippen molar-refractivity contribution in [1.82, 2.24) is 9.97 Å². The quantitative estimate of drug-likeness (QED) is 0.906. The van der Waals surface area contributed by atoms with E-state index in [-0.39, 0.29) is 5.56 Å². The van der Waals surface area contributed by atoms with E-state index in [0.717, 1.165) is 6.07 Å². The zero-order valence-corrected chi connectivity index (χ0v) is 9.59. The lowest BCUT2D eigenvalue weighted by Crippen LogP contribution is -2.06. The number of aromatic hydroxyl groups is 1. The molecule has 1 heterocycles. The third kappa shape index (κ3) is 3.31. The Morgan fingerprint density at radius 2 is 1.79 bits per heavy atom. The third-order valence-electron chi connectivity index (χ3n) is 2.36. The second-order valence-electron chi connectivity index (χ2n) is 3.70. The average Bonchev–Trinajstić information content (AvgIpc) is 2.36. The van der Waals surface area contributed by atoms with Crippen molar-refractivity contribution in [2.75, 3.05) is 0 Å². The van der Waals surface area contributed by atoms with E-state index in [0.29, 0.717) is 5.69 Å². The minimum atomic E-state index is -4.41. The predicted molar refractivity (Wildman–Crippen MR) is 64.1 cm³/mol. The SMILES string of the molecule is Oc1nccc(/C=C/c2ccccc2C(F)(F)F)n1. The summed E-state index contributed by atoms with van der Waals surface area (Å²) < 4.78 is 38.2. The summed E-state index contributed by atoms with van der Waals surface area (Å²) >= 11 is 0. The van der Waals surface area contributed by atoms with Crippen LogP contribution in [0.2, 0.25) is 0 Å². The highest BCUT2D eigenvalue weighted by atomic mass is 19.4. The van der Waals surface area contributed by atoms with Gasteiger partial charge in [0.05, 0.1) is 11.3 Å². The van der Waals surface area contributed by atoms with Crippen LogP contribution in [-0.4, -0.2) is 15.1 Å². The first-order chi connectivity index (χ1) is 8.97. The fourth-order valence-corrected chi connectivity index (χ4v) is 1.53. The topological polar surface area (TPSA) is 46.0 Å². The minimum absolute atomic E-state index is 0.0353. The standard InChI is InChI=1S/C13H9F3N2O/c14-13(15,16)11-4-2-1-3-9(11)5-6-10-7-8-17-12(19)18-10/h1-8H,(H,17,18,19)/b6-5+. The summed E-state index contributed by atoms with van der Waals surface area (Å²) in [6, 6.07) is 6.28. The molecule has 1 N–H and O–H groups in total. The summed E-state index contributed by atoms with van der Waals surface area (Å²) in [5.74, 6) is 0. The number of hydrogen-bond donors (Lipinski definition) is 1. The van der Waals surface area contributed by atoms with E-state index in [1.54, 1.807) is 0 Å². The van der Waals surface area contributed by atoms with Crippen molar-refractivity contribution >= 4 is 12.2 Å². The van der Waals surface area contributed by atoms with Gasteiger partial charge in [-0.3, -0.25) is 0 Å². The molecular formula is C13H9F3N2O. The molecule has 19 heavy (non-hydrogen) atoms. The molecule has 2 rings (SSSR count). The van der Waals surface area contributed by atoms with Crippen molar-refractivity contribution in [3.63, 3.8) is 0 Å². The van der Waals surface area contributed by atoms with E-state index < -0.39 is 17.8 Å². The Bertz CT molecular complexity index is 609. The van der Waals surface area contributed by atoms with Gasteiger partial charge in [0.2, 0.25) is 0 Å². The van der Waals surface area contributed by atoms with E-state index in [9.17, 15) is 13.2 Å². The Balaban J connectivity index is 2.34. The van der Waals surface area contributed by atoms with Crippen LogP contribution < -0.4 is 0 Å². The van der Waals surface area contributed by atoms with Crippen molar-refractivity contribution in [2.24, 2.45) is 0 Å². The molecule has 0 saturated heterocycles. The number of benzene rings is 1. The van der Waals surface area contributed by atoms with E-state index in [4.69, 9.17) is 5.11 Å². The van der Waals surface area contributed by atoms with Crippen molar-refractivity contribution in [2.45, 2.75) is 6.18 Å². The number of halogens is 3. The van der Waals surface area contributed by atoms with Gasteiger partial charge in [0, 0.05) is 6.20 Å². The number of aromatic nitrogens is 2. The Labute approximate surface area is 107 Å². The van der Waals surface area contributed by atoms with Gasteiger partial charge >= 0.3 is 12.2 Å². The maximum absolute atomic E-state index is 12.7. The summed E-state index contributed by atoms with van der Waals surface area (Å²) in [5, 5.41) is 9.06. The van der Waals surface area contributed by atoms with E-state index in [2.05, 4.69) is 9.97 Å². The van der Waals surface area contributed by atoms with Gasteiger partial charge in [-0.05, 0) is 23.8 Å². The molecule has 6 heteroatoms. The van der Waals surface area contributed by atoms with Gasteiger partial charge in [0.1, 0.15) is 0 Å². The molecule has 0 amide bonds. The first-order valence-corrected chi connectivity index (χ1v) is 5.33. The normalized spacial score (nSPS) is 11.9. The maximum atomic E-state index is 12.7. The molecule has 98 valence electrons. The number of alkyl halides is 3. The van der Waals surface area contributed by atoms with Crippen LogP contribution in [0.25, 0.3) is 12.2 Å². The Morgan fingerprint density at radius 3 is 2.47 bits per heavy atom. The molecule has 1 aromatic carbocycles. The van der Waals surface area contributed by atoms with Crippen LogP contribution in [0.4, 0.5) is 13.2 Å². The largest absolute Gasteiger partial charge is 0.479 e. The third-order valence-corrected chi connectivity index (χ3v) is 2.36. The average molecular weight is 266 g/mol. The van der Waals surface area contributed by atoms with Crippen molar-refractivity contribution in [3.8, 4) is 6.01 Å². The van der Waals surface area contributed by atoms with Crippen LogP contribution in [-0.2, 0) is 6.18 Å². The molecule has 0 spiro atoms. The second-order valence-corrected chi connectivity index (χ2v) is 3.70. The lowest BCUT2D eigenvalue weighted by atomic mass is 10.1. The van der Waals surface area contributed by atoms with Crippen molar-refractivity contribution < 1.29 is 18.3 Å². The Hall–Kier alpha value is -2.37. The fraction of sp³-hybridized carbons (Fsp3) is 0.0769. The van der Waals surface area contributed by atoms with Crippen LogP contribution in [0.3, 0.4) is 0 Å². The van der Waals surface area contributed by atoms with E-state index in [1.165, 1.54) is 42.6 Å². The van der Waals surface area contributed by atoms with Gasteiger partial charge in [0.15, 0.2) is 0 Å². The molecule has 3 nitrogen and oxygen atoms in total. The van der Waals surface area contributed by atoms with Gasteiger partial charge < -0.3 is 5.11 Å². The Kier molecular flexibility index (Phi) is 3.50. The first-order valence-electron chi connectivity index (χ1n) is 5.33. The van der Waals surface area contributed by atoms with E-state index >= 15 is 0 Å². The van der Waals surface area contributed by atoms with Crippen LogP contribution >= 0.6 is 0 Å². The molecular weight excluding hydrogens is 257 g/mol. The van der Waals surface area contributed by atoms with Crippen LogP contribution in [0, 0.1) is 0 Å². The van der Waals surface area contributed by atoms with Gasteiger partial charge in [-0.25, -0.2) is 4.98 Å². The van der Waals surface area contributed by atoms with Gasteiger partial charge in [-0.1, -0.05) is 24.3 Å². The first kappa shape index (κ1) is 13.1. The smallest absolute Gasteiger partial charge is 0.416 e. The molecule has 0 unspecified atom stereocenters. The van der Waals surface area contributed by atoms with Gasteiger partial charge in [0.25, 0.3) is 0 Å². The highest BCUT2D eigenvalue weighted by Crippen LogP contribution is 2.32. The van der Waals surface area contributed by atoms with Crippen molar-refractivity contribution in [1.29, 1.82) is 0 Å². The predicted octanol–water partition coefficient (Wildman–Crippen LogP) is 3.37. The molecule has 0 aliphatic rings. The van der Waals surface area contributed by atoms with Crippen LogP contribution in [0.1, 0.15) is 16.8 Å². The molecule has 0 aliphatic heterocycles. The molecule has 0 aliphatic carbocycles. The fourth-order valence-electron chi connectivity index (χ4n) is 1.53. The number of hydrogen-bond acceptors (Lipinski definition) is 3. The highest BCUT2D eigenvalue weighted by Gasteiger charge is 2.32. The summed E-state index contributed by atoms with van der Waals surface area (Å²) in [6.45, 7) is 0. The molecule has 1 aromatic heterocycles. The van der Waals surface area contributed by atoms with Crippen molar-refractivity contribution in [3.05, 3.63) is 53.3 Å². The maximum Gasteiger partial charge on any atom is 0.416 e. The Morgan fingerprint density at radius 1 is 1.05 bits per heavy atom. The number of rotatable bonds is 2. The second kappa shape index (κ2) is 5.09. The van der Waals surface area contributed by atoms with Gasteiger partial charge in [-0.15, -0.1) is 0 Å². The zero-order valence-electron chi connectivity index (χ0n) is 9.59. The molecule has 0 bridgehead atoms.